The summed E-state index contributed by atoms with van der Waals surface area (Å²) in [4.78, 5) is 0. The van der Waals surface area contributed by atoms with Gasteiger partial charge in [-0.05, 0) is 49.7 Å². The first-order valence-electron chi connectivity index (χ1n) is 7.74. The van der Waals surface area contributed by atoms with Crippen molar-refractivity contribution in [2.24, 2.45) is 11.3 Å². The van der Waals surface area contributed by atoms with Gasteiger partial charge in [0, 0.05) is 0 Å². The normalized spacial score (nSPS) is 36.4. The zero-order valence-corrected chi connectivity index (χ0v) is 12.4. The van der Waals surface area contributed by atoms with Crippen LogP contribution in [0.2, 0.25) is 0 Å². The van der Waals surface area contributed by atoms with Crippen LogP contribution in [0.4, 0.5) is 0 Å². The molecule has 0 amide bonds. The van der Waals surface area contributed by atoms with Gasteiger partial charge in [-0.15, -0.1) is 0 Å². The zero-order chi connectivity index (χ0) is 14.4. The lowest BCUT2D eigenvalue weighted by Gasteiger charge is -2.45. The standard InChI is InChI=1S/C18H23NO/c1-13-5-6-15-7-9-18(20,16(15)10-13)17(12-19)8-3-4-14(2)11-17/h5-6,10,14,20H,3-4,7-9,11H2,1-2H3. The first-order valence-corrected chi connectivity index (χ1v) is 7.74. The van der Waals surface area contributed by atoms with Crippen molar-refractivity contribution >= 4 is 0 Å². The van der Waals surface area contributed by atoms with E-state index in [1.807, 2.05) is 0 Å². The molecular weight excluding hydrogens is 246 g/mol. The first-order chi connectivity index (χ1) is 9.51. The Morgan fingerprint density at radius 3 is 2.85 bits per heavy atom. The molecule has 0 radical (unpaired) electrons. The molecule has 3 unspecified atom stereocenters. The maximum Gasteiger partial charge on any atom is 0.109 e. The van der Waals surface area contributed by atoms with Gasteiger partial charge in [-0.1, -0.05) is 43.5 Å². The molecule has 0 saturated heterocycles. The number of nitriles is 1. The van der Waals surface area contributed by atoms with Crippen LogP contribution in [-0.4, -0.2) is 5.11 Å². The lowest BCUT2D eigenvalue weighted by Crippen LogP contribution is -2.46. The minimum absolute atomic E-state index is 0.529. The maximum absolute atomic E-state index is 11.4. The average Bonchev–Trinajstić information content (AvgIpc) is 2.77. The quantitative estimate of drug-likeness (QED) is 0.841. The van der Waals surface area contributed by atoms with Crippen LogP contribution < -0.4 is 0 Å². The average molecular weight is 269 g/mol. The molecule has 2 nitrogen and oxygen atoms in total. The van der Waals surface area contributed by atoms with Crippen LogP contribution in [0.25, 0.3) is 0 Å². The Bertz CT molecular complexity index is 573. The van der Waals surface area contributed by atoms with Crippen molar-refractivity contribution in [3.05, 3.63) is 34.9 Å². The topological polar surface area (TPSA) is 44.0 Å². The van der Waals surface area contributed by atoms with Gasteiger partial charge in [0.15, 0.2) is 0 Å². The minimum Gasteiger partial charge on any atom is -0.383 e. The Morgan fingerprint density at radius 2 is 2.15 bits per heavy atom. The zero-order valence-electron chi connectivity index (χ0n) is 12.4. The number of hydrogen-bond donors (Lipinski definition) is 1. The molecule has 2 aliphatic rings. The third-order valence-corrected chi connectivity index (χ3v) is 5.47. The fourth-order valence-electron chi connectivity index (χ4n) is 4.36. The molecule has 106 valence electrons. The van der Waals surface area contributed by atoms with Gasteiger partial charge in [0.25, 0.3) is 0 Å². The molecule has 1 fully saturated rings. The summed E-state index contributed by atoms with van der Waals surface area (Å²) < 4.78 is 0. The van der Waals surface area contributed by atoms with Crippen LogP contribution in [0.1, 0.15) is 55.7 Å². The molecule has 3 rings (SSSR count). The third kappa shape index (κ3) is 1.80. The first kappa shape index (κ1) is 13.6. The van der Waals surface area contributed by atoms with Gasteiger partial charge in [-0.25, -0.2) is 0 Å². The van der Waals surface area contributed by atoms with Crippen molar-refractivity contribution in [3.63, 3.8) is 0 Å². The summed E-state index contributed by atoms with van der Waals surface area (Å²) in [7, 11) is 0. The minimum atomic E-state index is -0.947. The molecule has 3 atom stereocenters. The molecule has 2 aliphatic carbocycles. The lowest BCUT2D eigenvalue weighted by molar-refractivity contribution is -0.0853. The molecule has 2 heteroatoms. The Labute approximate surface area is 121 Å². The second-order valence-electron chi connectivity index (χ2n) is 6.92. The monoisotopic (exact) mass is 269 g/mol. The summed E-state index contributed by atoms with van der Waals surface area (Å²) in [5.41, 5.74) is 1.88. The molecule has 0 heterocycles. The van der Waals surface area contributed by atoms with Crippen LogP contribution in [-0.2, 0) is 12.0 Å². The molecule has 0 bridgehead atoms. The Balaban J connectivity index is 2.10. The van der Waals surface area contributed by atoms with E-state index in [0.29, 0.717) is 12.3 Å². The third-order valence-electron chi connectivity index (χ3n) is 5.47. The smallest absolute Gasteiger partial charge is 0.109 e. The number of benzene rings is 1. The maximum atomic E-state index is 11.4. The predicted molar refractivity (Wildman–Crippen MR) is 79.1 cm³/mol. The van der Waals surface area contributed by atoms with Crippen LogP contribution in [0.3, 0.4) is 0 Å². The van der Waals surface area contributed by atoms with Gasteiger partial charge in [0.2, 0.25) is 0 Å². The SMILES string of the molecule is Cc1ccc2c(c1)C(O)(C1(C#N)CCCC(C)C1)CC2. The fourth-order valence-corrected chi connectivity index (χ4v) is 4.36. The molecule has 0 aliphatic heterocycles. The van der Waals surface area contributed by atoms with Crippen molar-refractivity contribution in [1.82, 2.24) is 0 Å². The number of aryl methyl sites for hydroxylation is 2. The van der Waals surface area contributed by atoms with E-state index < -0.39 is 11.0 Å². The molecule has 1 aromatic carbocycles. The molecule has 1 saturated carbocycles. The Hall–Kier alpha value is -1.33. The molecule has 0 aromatic heterocycles. The molecule has 20 heavy (non-hydrogen) atoms. The number of hydrogen-bond acceptors (Lipinski definition) is 2. The summed E-state index contributed by atoms with van der Waals surface area (Å²) in [5.74, 6) is 0.529. The number of rotatable bonds is 1. The van der Waals surface area contributed by atoms with Crippen molar-refractivity contribution in [3.8, 4) is 6.07 Å². The summed E-state index contributed by atoms with van der Waals surface area (Å²) in [5, 5.41) is 21.3. The van der Waals surface area contributed by atoms with Gasteiger partial charge < -0.3 is 5.11 Å². The largest absolute Gasteiger partial charge is 0.383 e. The van der Waals surface area contributed by atoms with E-state index in [1.165, 1.54) is 17.5 Å². The van der Waals surface area contributed by atoms with E-state index in [-0.39, 0.29) is 0 Å². The Morgan fingerprint density at radius 1 is 1.35 bits per heavy atom. The number of aliphatic hydroxyl groups is 1. The van der Waals surface area contributed by atoms with Crippen molar-refractivity contribution in [2.75, 3.05) is 0 Å². The molecule has 1 N–H and O–H groups in total. The highest BCUT2D eigenvalue weighted by atomic mass is 16.3. The van der Waals surface area contributed by atoms with Gasteiger partial charge in [0.05, 0.1) is 11.5 Å². The highest BCUT2D eigenvalue weighted by Crippen LogP contribution is 2.56. The summed E-state index contributed by atoms with van der Waals surface area (Å²) in [6, 6.07) is 8.87. The highest BCUT2D eigenvalue weighted by Gasteiger charge is 2.55. The number of nitrogens with zero attached hydrogens (tertiary/aromatic N) is 1. The van der Waals surface area contributed by atoms with E-state index in [1.54, 1.807) is 0 Å². The van der Waals surface area contributed by atoms with Crippen LogP contribution >= 0.6 is 0 Å². The van der Waals surface area contributed by atoms with Gasteiger partial charge >= 0.3 is 0 Å². The lowest BCUT2D eigenvalue weighted by atomic mass is 9.60. The molecule has 1 aromatic rings. The van der Waals surface area contributed by atoms with Crippen LogP contribution in [0.15, 0.2) is 18.2 Å². The van der Waals surface area contributed by atoms with Crippen LogP contribution in [0, 0.1) is 29.6 Å². The van der Waals surface area contributed by atoms with Gasteiger partial charge in [-0.2, -0.15) is 5.26 Å². The second kappa shape index (κ2) is 4.60. The Kier molecular flexibility index (Phi) is 3.14. The van der Waals surface area contributed by atoms with Gasteiger partial charge in [0.1, 0.15) is 5.60 Å². The second-order valence-corrected chi connectivity index (χ2v) is 6.92. The highest BCUT2D eigenvalue weighted by molar-refractivity contribution is 5.43. The summed E-state index contributed by atoms with van der Waals surface area (Å²) >= 11 is 0. The fraction of sp³-hybridized carbons (Fsp3) is 0.611. The van der Waals surface area contributed by atoms with E-state index in [2.05, 4.69) is 38.1 Å². The number of fused-ring (bicyclic) bond motifs is 1. The van der Waals surface area contributed by atoms with Crippen molar-refractivity contribution < 1.29 is 5.11 Å². The molecule has 0 spiro atoms. The van der Waals surface area contributed by atoms with Crippen molar-refractivity contribution in [2.45, 2.75) is 58.0 Å². The van der Waals surface area contributed by atoms with Gasteiger partial charge in [-0.3, -0.25) is 0 Å². The summed E-state index contributed by atoms with van der Waals surface area (Å²) in [6.07, 6.45) is 5.49. The van der Waals surface area contributed by atoms with E-state index >= 15 is 0 Å². The van der Waals surface area contributed by atoms with Crippen LogP contribution in [0.5, 0.6) is 0 Å². The molecular formula is C18H23NO. The van der Waals surface area contributed by atoms with E-state index in [4.69, 9.17) is 0 Å². The summed E-state index contributed by atoms with van der Waals surface area (Å²) in [6.45, 7) is 4.27. The van der Waals surface area contributed by atoms with E-state index in [9.17, 15) is 10.4 Å². The van der Waals surface area contributed by atoms with E-state index in [0.717, 1.165) is 31.2 Å². The predicted octanol–water partition coefficient (Wildman–Crippen LogP) is 3.85. The van der Waals surface area contributed by atoms with Crippen molar-refractivity contribution in [1.29, 1.82) is 5.26 Å².